The van der Waals surface area contributed by atoms with E-state index in [1.54, 1.807) is 18.4 Å². The van der Waals surface area contributed by atoms with E-state index in [0.29, 0.717) is 5.75 Å². The summed E-state index contributed by atoms with van der Waals surface area (Å²) in [6.07, 6.45) is 6.14. The number of ether oxygens (including phenoxy) is 2. The van der Waals surface area contributed by atoms with Crippen LogP contribution in [0.5, 0.6) is 11.5 Å². The SMILES string of the molecule is Cc1ccc(C2(c3ccccc3)C=Cc3c(cc(-c4ccc(-c5ccc(OC#N)cc5)cc4)c4ccccc34)O2)cc1. The lowest BCUT2D eigenvalue weighted by molar-refractivity contribution is 0.161. The van der Waals surface area contributed by atoms with Crippen molar-refractivity contribution in [3.8, 4) is 40.0 Å². The molecule has 6 aromatic rings. The molecule has 0 aromatic heterocycles. The standard InChI is InChI=1S/C39H27NO2/c1-27-11-19-32(20-12-27)39(31-7-3-2-4-8-31)24-23-36-34-9-5-6-10-35(34)37(25-38(36)42-39)30-15-13-28(14-16-30)29-17-21-33(22-18-29)41-26-40/h2-25H,1H3. The number of nitrogens with zero attached hydrogens (tertiary/aromatic N) is 1. The Kier molecular flexibility index (Phi) is 6.30. The van der Waals surface area contributed by atoms with Crippen molar-refractivity contribution in [2.45, 2.75) is 12.5 Å². The summed E-state index contributed by atoms with van der Waals surface area (Å²) < 4.78 is 12.0. The molecule has 200 valence electrons. The molecular formula is C39H27NO2. The van der Waals surface area contributed by atoms with Crippen LogP contribution in [0.3, 0.4) is 0 Å². The molecule has 1 aliphatic rings. The van der Waals surface area contributed by atoms with Crippen molar-refractivity contribution in [3.63, 3.8) is 0 Å². The molecule has 0 spiro atoms. The molecule has 0 saturated heterocycles. The van der Waals surface area contributed by atoms with Crippen LogP contribution in [0.1, 0.15) is 22.3 Å². The largest absolute Gasteiger partial charge is 0.473 e. The summed E-state index contributed by atoms with van der Waals surface area (Å²) >= 11 is 0. The maximum absolute atomic E-state index is 8.76. The highest BCUT2D eigenvalue weighted by Crippen LogP contribution is 2.46. The first-order chi connectivity index (χ1) is 20.6. The van der Waals surface area contributed by atoms with Crippen molar-refractivity contribution in [1.29, 1.82) is 5.26 Å². The zero-order valence-electron chi connectivity index (χ0n) is 23.1. The third-order valence-corrected chi connectivity index (χ3v) is 8.03. The minimum Gasteiger partial charge on any atom is -0.473 e. The Morgan fingerprint density at radius 3 is 1.93 bits per heavy atom. The molecule has 3 nitrogen and oxygen atoms in total. The minimum absolute atomic E-state index is 0.532. The summed E-state index contributed by atoms with van der Waals surface area (Å²) in [7, 11) is 0. The van der Waals surface area contributed by atoms with Gasteiger partial charge in [-0.25, -0.2) is 0 Å². The number of nitriles is 1. The van der Waals surface area contributed by atoms with Crippen molar-refractivity contribution >= 4 is 16.8 Å². The third-order valence-electron chi connectivity index (χ3n) is 8.03. The molecule has 1 heterocycles. The summed E-state index contributed by atoms with van der Waals surface area (Å²) in [5.41, 5.74) is 8.11. The third kappa shape index (κ3) is 4.40. The molecule has 0 fully saturated rings. The molecule has 7 rings (SSSR count). The molecule has 1 atom stereocenters. The van der Waals surface area contributed by atoms with E-state index in [-0.39, 0.29) is 0 Å². The molecule has 0 N–H and O–H groups in total. The normalized spacial score (nSPS) is 15.4. The van der Waals surface area contributed by atoms with Crippen LogP contribution in [0.2, 0.25) is 0 Å². The highest BCUT2D eigenvalue weighted by atomic mass is 16.5. The van der Waals surface area contributed by atoms with Gasteiger partial charge in [0.05, 0.1) is 0 Å². The summed E-state index contributed by atoms with van der Waals surface area (Å²) in [5, 5.41) is 11.1. The van der Waals surface area contributed by atoms with Gasteiger partial charge in [0, 0.05) is 16.7 Å². The van der Waals surface area contributed by atoms with Crippen LogP contribution in [0.15, 0.2) is 140 Å². The maximum atomic E-state index is 8.76. The molecule has 0 amide bonds. The van der Waals surface area contributed by atoms with Gasteiger partial charge < -0.3 is 9.47 Å². The number of hydrogen-bond acceptors (Lipinski definition) is 3. The molecule has 42 heavy (non-hydrogen) atoms. The van der Waals surface area contributed by atoms with E-state index in [4.69, 9.17) is 14.7 Å². The van der Waals surface area contributed by atoms with Gasteiger partial charge in [-0.05, 0) is 70.3 Å². The first-order valence-electron chi connectivity index (χ1n) is 14.0. The predicted molar refractivity (Wildman–Crippen MR) is 169 cm³/mol. The van der Waals surface area contributed by atoms with E-state index in [9.17, 15) is 0 Å². The maximum Gasteiger partial charge on any atom is 0.292 e. The number of rotatable bonds is 5. The van der Waals surface area contributed by atoms with Crippen LogP contribution in [-0.4, -0.2) is 0 Å². The van der Waals surface area contributed by atoms with E-state index >= 15 is 0 Å². The fourth-order valence-electron chi connectivity index (χ4n) is 5.85. The van der Waals surface area contributed by atoms with Crippen LogP contribution < -0.4 is 9.47 Å². The Morgan fingerprint density at radius 2 is 1.24 bits per heavy atom. The van der Waals surface area contributed by atoms with Crippen molar-refractivity contribution in [2.24, 2.45) is 0 Å². The monoisotopic (exact) mass is 541 g/mol. The second-order valence-electron chi connectivity index (χ2n) is 10.6. The first-order valence-corrected chi connectivity index (χ1v) is 14.0. The van der Waals surface area contributed by atoms with Gasteiger partial charge in [-0.2, -0.15) is 0 Å². The fraction of sp³-hybridized carbons (Fsp3) is 0.0513. The molecule has 0 radical (unpaired) electrons. The number of fused-ring (bicyclic) bond motifs is 3. The van der Waals surface area contributed by atoms with Gasteiger partial charge in [-0.15, -0.1) is 5.26 Å². The summed E-state index contributed by atoms with van der Waals surface area (Å²) in [6.45, 7) is 2.10. The van der Waals surface area contributed by atoms with Crippen molar-refractivity contribution < 1.29 is 9.47 Å². The van der Waals surface area contributed by atoms with E-state index in [1.165, 1.54) is 10.9 Å². The van der Waals surface area contributed by atoms with Crippen LogP contribution >= 0.6 is 0 Å². The van der Waals surface area contributed by atoms with Gasteiger partial charge in [-0.1, -0.05) is 121 Å². The van der Waals surface area contributed by atoms with Gasteiger partial charge in [-0.3, -0.25) is 0 Å². The van der Waals surface area contributed by atoms with Crippen LogP contribution in [0, 0.1) is 18.4 Å². The number of hydrogen-bond donors (Lipinski definition) is 0. The average molecular weight is 542 g/mol. The van der Waals surface area contributed by atoms with Gasteiger partial charge in [0.15, 0.2) is 5.60 Å². The Bertz CT molecular complexity index is 1970. The lowest BCUT2D eigenvalue weighted by Crippen LogP contribution is -2.34. The molecule has 0 bridgehead atoms. The fourth-order valence-corrected chi connectivity index (χ4v) is 5.85. The predicted octanol–water partition coefficient (Wildman–Crippen LogP) is 9.69. The van der Waals surface area contributed by atoms with Gasteiger partial charge >= 0.3 is 0 Å². The topological polar surface area (TPSA) is 42.2 Å². The molecule has 6 aromatic carbocycles. The van der Waals surface area contributed by atoms with Crippen LogP contribution in [-0.2, 0) is 5.60 Å². The first kappa shape index (κ1) is 25.4. The lowest BCUT2D eigenvalue weighted by atomic mass is 9.82. The van der Waals surface area contributed by atoms with Gasteiger partial charge in [0.25, 0.3) is 6.26 Å². The molecular weight excluding hydrogens is 514 g/mol. The lowest BCUT2D eigenvalue weighted by Gasteiger charge is -2.37. The Morgan fingerprint density at radius 1 is 0.643 bits per heavy atom. The van der Waals surface area contributed by atoms with Crippen LogP contribution in [0.4, 0.5) is 0 Å². The zero-order valence-corrected chi connectivity index (χ0v) is 23.1. The summed E-state index contributed by atoms with van der Waals surface area (Å²) in [6, 6.07) is 45.9. The Hall–Kier alpha value is -5.59. The average Bonchev–Trinajstić information content (AvgIpc) is 3.05. The highest BCUT2D eigenvalue weighted by molar-refractivity contribution is 6.03. The Labute approximate surface area is 245 Å². The highest BCUT2D eigenvalue weighted by Gasteiger charge is 2.37. The van der Waals surface area contributed by atoms with Gasteiger partial charge in [0.1, 0.15) is 11.5 Å². The van der Waals surface area contributed by atoms with Crippen molar-refractivity contribution in [1.82, 2.24) is 0 Å². The van der Waals surface area contributed by atoms with E-state index in [0.717, 1.165) is 50.1 Å². The van der Waals surface area contributed by atoms with Crippen LogP contribution in [0.25, 0.3) is 39.1 Å². The second kappa shape index (κ2) is 10.4. The van der Waals surface area contributed by atoms with E-state index < -0.39 is 5.60 Å². The summed E-state index contributed by atoms with van der Waals surface area (Å²) in [5.74, 6) is 1.39. The minimum atomic E-state index is -0.743. The Balaban J connectivity index is 1.34. The molecule has 1 unspecified atom stereocenters. The second-order valence-corrected chi connectivity index (χ2v) is 10.6. The van der Waals surface area contributed by atoms with Gasteiger partial charge in [0.2, 0.25) is 0 Å². The van der Waals surface area contributed by atoms with E-state index in [2.05, 4.69) is 122 Å². The van der Waals surface area contributed by atoms with Crippen molar-refractivity contribution in [2.75, 3.05) is 0 Å². The van der Waals surface area contributed by atoms with Crippen molar-refractivity contribution in [3.05, 3.63) is 162 Å². The molecule has 0 aliphatic carbocycles. The molecule has 0 saturated carbocycles. The van der Waals surface area contributed by atoms with E-state index in [1.807, 2.05) is 18.2 Å². The molecule has 1 aliphatic heterocycles. The quantitative estimate of drug-likeness (QED) is 0.204. The number of benzene rings is 6. The summed E-state index contributed by atoms with van der Waals surface area (Å²) in [4.78, 5) is 0. The smallest absolute Gasteiger partial charge is 0.292 e. The number of aryl methyl sites for hydroxylation is 1. The zero-order chi connectivity index (χ0) is 28.5. The molecule has 3 heteroatoms.